The Morgan fingerprint density at radius 1 is 1.22 bits per heavy atom. The molecule has 4 atom stereocenters. The number of likely N-dealkylation sites (N-methyl/N-ethyl adjacent to an activating group) is 1. The van der Waals surface area contributed by atoms with Gasteiger partial charge in [-0.2, -0.15) is 23.1 Å². The third-order valence-corrected chi connectivity index (χ3v) is 10.9. The lowest BCUT2D eigenvalue weighted by molar-refractivity contribution is -0.137. The van der Waals surface area contributed by atoms with E-state index in [1.807, 2.05) is 11.9 Å². The number of hydrogen-bond acceptors (Lipinski definition) is 9. The summed E-state index contributed by atoms with van der Waals surface area (Å²) in [5, 5.41) is 4.71. The van der Waals surface area contributed by atoms with Crippen LogP contribution in [0, 0.1) is 18.7 Å². The molecule has 1 aliphatic carbocycles. The van der Waals surface area contributed by atoms with Crippen LogP contribution < -0.4 is 20.7 Å². The molecule has 2 bridgehead atoms. The van der Waals surface area contributed by atoms with Crippen LogP contribution in [0.5, 0.6) is 6.01 Å². The quantitative estimate of drug-likeness (QED) is 0.113. The number of aromatic nitrogens is 3. The molecule has 2 aliphatic heterocycles. The molecule has 1 saturated carbocycles. The fraction of sp³-hybridized carbons (Fsp3) is 0.412. The molecule has 16 heteroatoms. The molecule has 50 heavy (non-hydrogen) atoms. The van der Waals surface area contributed by atoms with Crippen molar-refractivity contribution in [3.8, 4) is 17.1 Å². The number of likely N-dealkylation sites (tertiary alicyclic amines) is 1. The van der Waals surface area contributed by atoms with Gasteiger partial charge < -0.3 is 25.6 Å². The fourth-order valence-electron chi connectivity index (χ4n) is 7.60. The topological polar surface area (TPSA) is 110 Å². The Morgan fingerprint density at radius 3 is 2.72 bits per heavy atom. The van der Waals surface area contributed by atoms with Gasteiger partial charge in [-0.1, -0.05) is 11.6 Å². The molecule has 2 aromatic heterocycles. The molecule has 1 amide bonds. The molecule has 4 aromatic rings. The number of nitrogens with one attached hydrogen (secondary N) is 1. The van der Waals surface area contributed by atoms with E-state index in [1.54, 1.807) is 5.38 Å². The van der Waals surface area contributed by atoms with Crippen LogP contribution in [0.25, 0.3) is 28.1 Å². The second kappa shape index (κ2) is 13.2. The predicted molar refractivity (Wildman–Crippen MR) is 182 cm³/mol. The number of alkyl halides is 3. The van der Waals surface area contributed by atoms with Gasteiger partial charge >= 0.3 is 12.2 Å². The van der Waals surface area contributed by atoms with Crippen molar-refractivity contribution < 1.29 is 31.5 Å². The summed E-state index contributed by atoms with van der Waals surface area (Å²) in [5.41, 5.74) is 3.42. The first-order valence-electron chi connectivity index (χ1n) is 16.1. The third kappa shape index (κ3) is 6.35. The SMILES string of the molecule is Cc1cc(N)cc(-c2c(Cl)cc3c(N4C[C@H]5CC[C@@H]4[C@@H]5NC(=O)/C(F)=C/c4nccs4)nc(OC[C@@H]4CCCN4C)nc3c2F)c1C(F)(F)F. The molecule has 3 fully saturated rings. The molecule has 3 aliphatic rings. The zero-order valence-electron chi connectivity index (χ0n) is 27.0. The second-order valence-electron chi connectivity index (χ2n) is 13.0. The number of hydrogen-bond donors (Lipinski definition) is 2. The van der Waals surface area contributed by atoms with E-state index in [4.69, 9.17) is 27.1 Å². The molecule has 0 radical (unpaired) electrons. The third-order valence-electron chi connectivity index (χ3n) is 9.90. The van der Waals surface area contributed by atoms with E-state index < -0.39 is 46.5 Å². The van der Waals surface area contributed by atoms with E-state index in [2.05, 4.69) is 20.2 Å². The van der Waals surface area contributed by atoms with Crippen LogP contribution in [-0.2, 0) is 11.0 Å². The summed E-state index contributed by atoms with van der Waals surface area (Å²) >= 11 is 7.85. The predicted octanol–water partition coefficient (Wildman–Crippen LogP) is 7.02. The minimum atomic E-state index is -4.83. The number of carbonyl (C=O) groups is 1. The van der Waals surface area contributed by atoms with Crippen LogP contribution in [0.2, 0.25) is 5.02 Å². The number of benzene rings is 2. The number of nitrogen functional groups attached to an aromatic ring is 1. The smallest absolute Gasteiger partial charge is 0.417 e. The maximum absolute atomic E-state index is 16.8. The highest BCUT2D eigenvalue weighted by Crippen LogP contribution is 2.48. The highest BCUT2D eigenvalue weighted by atomic mass is 35.5. The van der Waals surface area contributed by atoms with Gasteiger partial charge in [0, 0.05) is 52.4 Å². The number of carbonyl (C=O) groups excluding carboxylic acids is 1. The Morgan fingerprint density at radius 2 is 2.02 bits per heavy atom. The number of piperidine rings is 1. The van der Waals surface area contributed by atoms with Crippen molar-refractivity contribution in [3.05, 3.63) is 62.6 Å². The molecule has 2 aromatic carbocycles. The zero-order valence-corrected chi connectivity index (χ0v) is 28.6. The lowest BCUT2D eigenvalue weighted by Gasteiger charge is -2.30. The molecule has 3 N–H and O–H groups in total. The highest BCUT2D eigenvalue weighted by molar-refractivity contribution is 7.10. The number of amides is 1. The van der Waals surface area contributed by atoms with Crippen molar-refractivity contribution >= 4 is 57.3 Å². The van der Waals surface area contributed by atoms with Crippen LogP contribution in [0.15, 0.2) is 35.6 Å². The van der Waals surface area contributed by atoms with Gasteiger partial charge in [-0.3, -0.25) is 4.79 Å². The molecule has 0 spiro atoms. The first kappa shape index (κ1) is 34.4. The van der Waals surface area contributed by atoms with Gasteiger partial charge in [0.2, 0.25) is 0 Å². The molecule has 7 rings (SSSR count). The number of aryl methyl sites for hydroxylation is 1. The van der Waals surface area contributed by atoms with Crippen molar-refractivity contribution in [2.45, 2.75) is 56.9 Å². The van der Waals surface area contributed by atoms with Crippen LogP contribution in [0.3, 0.4) is 0 Å². The summed E-state index contributed by atoms with van der Waals surface area (Å²) in [4.78, 5) is 30.0. The standard InChI is InChI=1S/C34H33ClF5N7O2S/c1-16-10-18(41)11-20(27(16)34(38,39)40)26-22(35)12-21-30(28(26)37)44-33(49-15-19-4-3-8-46(19)2)45-31(21)47-14-17-5-6-24(47)29(17)43-32(48)23(36)13-25-42-7-9-50-25/h7,9-13,17,19,24,29H,3-6,8,14-15,41H2,1-2H3,(H,43,48)/b23-13-/t17-,19+,24-,29-/m1/s1. The Hall–Kier alpha value is -4.08. The lowest BCUT2D eigenvalue weighted by atomic mass is 9.93. The number of thiazole rings is 1. The maximum Gasteiger partial charge on any atom is 0.417 e. The van der Waals surface area contributed by atoms with Crippen LogP contribution in [0.4, 0.5) is 33.5 Å². The fourth-order valence-corrected chi connectivity index (χ4v) is 8.45. The molecular weight excluding hydrogens is 701 g/mol. The molecule has 0 unspecified atom stereocenters. The van der Waals surface area contributed by atoms with E-state index in [9.17, 15) is 22.4 Å². The Kier molecular flexibility index (Phi) is 9.10. The summed E-state index contributed by atoms with van der Waals surface area (Å²) < 4.78 is 80.8. The normalized spacial score (nSPS) is 22.6. The van der Waals surface area contributed by atoms with Crippen molar-refractivity contribution in [1.82, 2.24) is 25.2 Å². The van der Waals surface area contributed by atoms with Gasteiger partial charge in [0.05, 0.1) is 22.7 Å². The summed E-state index contributed by atoms with van der Waals surface area (Å²) in [6.07, 6.45) is 0.981. The number of rotatable bonds is 8. The number of nitrogens with zero attached hydrogens (tertiary/aromatic N) is 5. The van der Waals surface area contributed by atoms with E-state index in [0.29, 0.717) is 18.0 Å². The van der Waals surface area contributed by atoms with Gasteiger partial charge in [-0.05, 0) is 75.9 Å². The minimum absolute atomic E-state index is 0.00765. The van der Waals surface area contributed by atoms with Gasteiger partial charge in [-0.25, -0.2) is 13.8 Å². The molecule has 4 heterocycles. The van der Waals surface area contributed by atoms with Crippen molar-refractivity contribution in [3.63, 3.8) is 0 Å². The number of nitrogens with two attached hydrogens (primary N) is 1. The van der Waals surface area contributed by atoms with Gasteiger partial charge in [0.25, 0.3) is 5.91 Å². The lowest BCUT2D eigenvalue weighted by Crippen LogP contribution is -2.44. The Bertz CT molecular complexity index is 1990. The minimum Gasteiger partial charge on any atom is -0.462 e. The van der Waals surface area contributed by atoms with Crippen molar-refractivity contribution in [1.29, 1.82) is 0 Å². The van der Waals surface area contributed by atoms with E-state index >= 15 is 4.39 Å². The number of anilines is 2. The summed E-state index contributed by atoms with van der Waals surface area (Å²) in [7, 11) is 1.97. The van der Waals surface area contributed by atoms with Crippen molar-refractivity contribution in [2.24, 2.45) is 5.92 Å². The van der Waals surface area contributed by atoms with E-state index in [1.165, 1.54) is 36.6 Å². The number of halogens is 6. The first-order valence-corrected chi connectivity index (χ1v) is 17.4. The molecule has 2 saturated heterocycles. The van der Waals surface area contributed by atoms with Crippen molar-refractivity contribution in [2.75, 3.05) is 37.4 Å². The number of fused-ring (bicyclic) bond motifs is 3. The largest absolute Gasteiger partial charge is 0.462 e. The van der Waals surface area contributed by atoms with Crippen LogP contribution >= 0.6 is 22.9 Å². The zero-order chi connectivity index (χ0) is 35.5. The summed E-state index contributed by atoms with van der Waals surface area (Å²) in [6, 6.07) is 2.69. The van der Waals surface area contributed by atoms with Gasteiger partial charge in [-0.15, -0.1) is 11.3 Å². The van der Waals surface area contributed by atoms with Crippen LogP contribution in [-0.4, -0.2) is 70.6 Å². The van der Waals surface area contributed by atoms with Gasteiger partial charge in [0.15, 0.2) is 11.6 Å². The monoisotopic (exact) mass is 733 g/mol. The highest BCUT2D eigenvalue weighted by Gasteiger charge is 2.49. The average Bonchev–Trinajstić information content (AvgIpc) is 3.85. The number of ether oxygens (including phenoxy) is 1. The Labute approximate surface area is 293 Å². The molecule has 9 nitrogen and oxygen atoms in total. The maximum atomic E-state index is 16.8. The second-order valence-corrected chi connectivity index (χ2v) is 14.4. The van der Waals surface area contributed by atoms with E-state index in [0.717, 1.165) is 37.9 Å². The summed E-state index contributed by atoms with van der Waals surface area (Å²) in [6.45, 7) is 2.74. The summed E-state index contributed by atoms with van der Waals surface area (Å²) in [5.74, 6) is -2.77. The Balaban J connectivity index is 1.31. The molecule has 264 valence electrons. The van der Waals surface area contributed by atoms with Crippen LogP contribution in [0.1, 0.15) is 41.8 Å². The average molecular weight is 734 g/mol. The van der Waals surface area contributed by atoms with E-state index in [-0.39, 0.29) is 63.6 Å². The van der Waals surface area contributed by atoms with Gasteiger partial charge in [0.1, 0.15) is 22.9 Å². The first-order chi connectivity index (χ1) is 23.8. The molecular formula is C34H33ClF5N7O2S.